The van der Waals surface area contributed by atoms with E-state index in [1.54, 1.807) is 11.8 Å². The number of carbonyl (C=O) groups is 1. The first-order chi connectivity index (χ1) is 9.48. The number of nitrogens with two attached hydrogens (primary N) is 1. The van der Waals surface area contributed by atoms with Gasteiger partial charge in [-0.15, -0.1) is 0 Å². The van der Waals surface area contributed by atoms with E-state index >= 15 is 0 Å². The molecule has 1 saturated heterocycles. The zero-order chi connectivity index (χ0) is 15.0. The van der Waals surface area contributed by atoms with Crippen molar-refractivity contribution in [2.24, 2.45) is 5.73 Å². The highest BCUT2D eigenvalue weighted by atomic mass is 32.2. The number of unbranched alkanes of at least 4 members (excludes halogenated alkanes) is 1. The molecule has 1 aliphatic heterocycles. The molecule has 0 spiro atoms. The molecule has 0 bridgehead atoms. The van der Waals surface area contributed by atoms with Crippen LogP contribution in [0.15, 0.2) is 0 Å². The Hall–Kier alpha value is -0.860. The van der Waals surface area contributed by atoms with Crippen LogP contribution in [0.2, 0.25) is 0 Å². The van der Waals surface area contributed by atoms with Gasteiger partial charge in [-0.2, -0.15) is 0 Å². The van der Waals surface area contributed by atoms with E-state index in [-0.39, 0.29) is 17.9 Å². The average molecular weight is 307 g/mol. The quantitative estimate of drug-likeness (QED) is 0.657. The highest BCUT2D eigenvalue weighted by Crippen LogP contribution is 2.12. The maximum absolute atomic E-state index is 11.8. The van der Waals surface area contributed by atoms with Crippen LogP contribution in [0.3, 0.4) is 0 Å². The minimum Gasteiger partial charge on any atom is -0.450 e. The summed E-state index contributed by atoms with van der Waals surface area (Å²) in [6.07, 6.45) is 2.20. The number of hydrogen-bond donors (Lipinski definition) is 2. The zero-order valence-electron chi connectivity index (χ0n) is 12.0. The van der Waals surface area contributed by atoms with Crippen molar-refractivity contribution in [2.45, 2.75) is 38.6 Å². The van der Waals surface area contributed by atoms with Gasteiger partial charge in [-0.3, -0.25) is 0 Å². The summed E-state index contributed by atoms with van der Waals surface area (Å²) in [5.41, 5.74) is 5.35. The molecule has 1 fully saturated rings. The SMILES string of the molecule is CCOC(=O)N1CCC(NS(=O)(=O)CCCCN)CC1. The van der Waals surface area contributed by atoms with E-state index in [2.05, 4.69) is 4.72 Å². The predicted octanol–water partition coefficient (Wildman–Crippen LogP) is 0.266. The molecule has 1 amide bonds. The van der Waals surface area contributed by atoms with Crippen LogP contribution in [0.5, 0.6) is 0 Å². The van der Waals surface area contributed by atoms with Crippen LogP contribution in [0.25, 0.3) is 0 Å². The molecule has 8 heteroatoms. The van der Waals surface area contributed by atoms with Gasteiger partial charge in [-0.1, -0.05) is 0 Å². The highest BCUT2D eigenvalue weighted by Gasteiger charge is 2.26. The summed E-state index contributed by atoms with van der Waals surface area (Å²) >= 11 is 0. The fourth-order valence-electron chi connectivity index (χ4n) is 2.14. The lowest BCUT2D eigenvalue weighted by Gasteiger charge is -2.31. The number of hydrogen-bond acceptors (Lipinski definition) is 5. The van der Waals surface area contributed by atoms with E-state index in [4.69, 9.17) is 10.5 Å². The molecular formula is C12H25N3O4S. The van der Waals surface area contributed by atoms with Gasteiger partial charge in [-0.25, -0.2) is 17.9 Å². The second-order valence-electron chi connectivity index (χ2n) is 4.89. The Labute approximate surface area is 120 Å². The van der Waals surface area contributed by atoms with Crippen molar-refractivity contribution in [1.82, 2.24) is 9.62 Å². The molecule has 0 aliphatic carbocycles. The van der Waals surface area contributed by atoms with Crippen molar-refractivity contribution in [2.75, 3.05) is 32.0 Å². The zero-order valence-corrected chi connectivity index (χ0v) is 12.8. The highest BCUT2D eigenvalue weighted by molar-refractivity contribution is 7.89. The summed E-state index contributed by atoms with van der Waals surface area (Å²) in [7, 11) is -3.24. The summed E-state index contributed by atoms with van der Waals surface area (Å²) in [5.74, 6) is 0.113. The molecule has 0 aromatic rings. The van der Waals surface area contributed by atoms with E-state index in [9.17, 15) is 13.2 Å². The maximum Gasteiger partial charge on any atom is 0.409 e. The molecule has 1 rings (SSSR count). The molecule has 1 heterocycles. The first-order valence-corrected chi connectivity index (χ1v) is 8.75. The third kappa shape index (κ3) is 6.06. The van der Waals surface area contributed by atoms with Gasteiger partial charge in [0, 0.05) is 19.1 Å². The average Bonchev–Trinajstić information content (AvgIpc) is 2.39. The van der Waals surface area contributed by atoms with Crippen LogP contribution in [0.1, 0.15) is 32.6 Å². The third-order valence-electron chi connectivity index (χ3n) is 3.23. The Kier molecular flexibility index (Phi) is 7.25. The number of nitrogens with zero attached hydrogens (tertiary/aromatic N) is 1. The fraction of sp³-hybridized carbons (Fsp3) is 0.917. The van der Waals surface area contributed by atoms with Gasteiger partial charge in [0.15, 0.2) is 0 Å². The summed E-state index contributed by atoms with van der Waals surface area (Å²) < 4.78 is 31.3. The second kappa shape index (κ2) is 8.43. The lowest BCUT2D eigenvalue weighted by molar-refractivity contribution is 0.0966. The molecule has 0 atom stereocenters. The molecule has 0 aromatic carbocycles. The number of amides is 1. The molecule has 3 N–H and O–H groups in total. The normalized spacial score (nSPS) is 17.2. The fourth-order valence-corrected chi connectivity index (χ4v) is 3.59. The van der Waals surface area contributed by atoms with Gasteiger partial charge in [0.25, 0.3) is 0 Å². The van der Waals surface area contributed by atoms with Gasteiger partial charge in [0.1, 0.15) is 0 Å². The largest absolute Gasteiger partial charge is 0.450 e. The van der Waals surface area contributed by atoms with Gasteiger partial charge >= 0.3 is 6.09 Å². The molecule has 0 unspecified atom stereocenters. The van der Waals surface area contributed by atoms with Crippen LogP contribution in [0, 0.1) is 0 Å². The number of piperidine rings is 1. The minimum absolute atomic E-state index is 0.0939. The van der Waals surface area contributed by atoms with E-state index in [1.807, 2.05) is 0 Å². The molecule has 0 radical (unpaired) electrons. The lowest BCUT2D eigenvalue weighted by Crippen LogP contribution is -2.47. The Bertz CT molecular complexity index is 392. The molecule has 20 heavy (non-hydrogen) atoms. The predicted molar refractivity (Wildman–Crippen MR) is 76.8 cm³/mol. The molecule has 1 aliphatic rings. The van der Waals surface area contributed by atoms with Crippen molar-refractivity contribution in [1.29, 1.82) is 0 Å². The second-order valence-corrected chi connectivity index (χ2v) is 6.77. The van der Waals surface area contributed by atoms with Crippen LogP contribution < -0.4 is 10.5 Å². The smallest absolute Gasteiger partial charge is 0.409 e. The number of sulfonamides is 1. The monoisotopic (exact) mass is 307 g/mol. The van der Waals surface area contributed by atoms with Crippen molar-refractivity contribution >= 4 is 16.1 Å². The lowest BCUT2D eigenvalue weighted by atomic mass is 10.1. The van der Waals surface area contributed by atoms with Crippen LogP contribution in [0.4, 0.5) is 4.79 Å². The molecule has 0 aromatic heterocycles. The topological polar surface area (TPSA) is 102 Å². The number of ether oxygens (including phenoxy) is 1. The molecule has 118 valence electrons. The summed E-state index contributed by atoms with van der Waals surface area (Å²) in [5, 5.41) is 0. The Morgan fingerprint density at radius 1 is 1.35 bits per heavy atom. The summed E-state index contributed by atoms with van der Waals surface area (Å²) in [6.45, 7) is 3.67. The van der Waals surface area contributed by atoms with Crippen molar-refractivity contribution in [3.63, 3.8) is 0 Å². The first kappa shape index (κ1) is 17.2. The number of carbonyl (C=O) groups excluding carboxylic acids is 1. The van der Waals surface area contributed by atoms with Gasteiger partial charge in [0.2, 0.25) is 10.0 Å². The Balaban J connectivity index is 2.33. The third-order valence-corrected chi connectivity index (χ3v) is 4.75. The number of rotatable bonds is 7. The van der Waals surface area contributed by atoms with Gasteiger partial charge < -0.3 is 15.4 Å². The summed E-state index contributed by atoms with van der Waals surface area (Å²) in [6, 6.07) is -0.0939. The van der Waals surface area contributed by atoms with Crippen molar-refractivity contribution < 1.29 is 17.9 Å². The molecule has 7 nitrogen and oxygen atoms in total. The maximum atomic E-state index is 11.8. The number of nitrogens with one attached hydrogen (secondary N) is 1. The molecular weight excluding hydrogens is 282 g/mol. The van der Waals surface area contributed by atoms with Crippen LogP contribution in [-0.4, -0.2) is 57.4 Å². The molecule has 0 saturated carbocycles. The van der Waals surface area contributed by atoms with Crippen LogP contribution >= 0.6 is 0 Å². The first-order valence-electron chi connectivity index (χ1n) is 7.10. The van der Waals surface area contributed by atoms with E-state index < -0.39 is 10.0 Å². The van der Waals surface area contributed by atoms with Crippen molar-refractivity contribution in [3.05, 3.63) is 0 Å². The Morgan fingerprint density at radius 3 is 2.55 bits per heavy atom. The minimum atomic E-state index is -3.24. The van der Waals surface area contributed by atoms with Gasteiger partial charge in [0.05, 0.1) is 12.4 Å². The van der Waals surface area contributed by atoms with Crippen molar-refractivity contribution in [3.8, 4) is 0 Å². The van der Waals surface area contributed by atoms with E-state index in [1.165, 1.54) is 0 Å². The summed E-state index contributed by atoms with van der Waals surface area (Å²) in [4.78, 5) is 13.1. The Morgan fingerprint density at radius 2 is 2.00 bits per heavy atom. The van der Waals surface area contributed by atoms with E-state index in [0.717, 1.165) is 0 Å². The van der Waals surface area contributed by atoms with Crippen LogP contribution in [-0.2, 0) is 14.8 Å². The van der Waals surface area contributed by atoms with E-state index in [0.29, 0.717) is 51.9 Å². The number of likely N-dealkylation sites (tertiary alicyclic amines) is 1. The van der Waals surface area contributed by atoms with Gasteiger partial charge in [-0.05, 0) is 39.2 Å². The standard InChI is InChI=1S/C12H25N3O4S/c1-2-19-12(16)15-8-5-11(6-9-15)14-20(17,18)10-4-3-7-13/h11,14H,2-10,13H2,1H3.